The maximum atomic E-state index is 13.3. The van der Waals surface area contributed by atoms with Gasteiger partial charge in [-0.2, -0.15) is 0 Å². The molecule has 0 aliphatic carbocycles. The zero-order valence-electron chi connectivity index (χ0n) is 16.1. The molecule has 0 spiro atoms. The molecule has 3 heteroatoms. The molecule has 0 unspecified atom stereocenters. The van der Waals surface area contributed by atoms with E-state index in [0.717, 1.165) is 35.2 Å². The van der Waals surface area contributed by atoms with Crippen LogP contribution in [0.25, 0.3) is 10.9 Å². The quantitative estimate of drug-likeness (QED) is 0.446. The van der Waals surface area contributed by atoms with Gasteiger partial charge in [-0.3, -0.25) is 9.69 Å². The summed E-state index contributed by atoms with van der Waals surface area (Å²) in [4.78, 5) is 18.8. The molecule has 0 radical (unpaired) electrons. The molecule has 1 N–H and O–H groups in total. The lowest BCUT2D eigenvalue weighted by atomic mass is 10.1. The standard InChI is InChI=1S/C25H24N2O/c1-19-25(22-14-8-9-15-23(22)26-19)24(28)18-27(16-20-10-4-2-5-11-20)17-21-12-6-3-7-13-21/h2-15,26H,16-18H2,1H3. The van der Waals surface area contributed by atoms with E-state index in [0.29, 0.717) is 6.54 Å². The van der Waals surface area contributed by atoms with Gasteiger partial charge in [0.15, 0.2) is 5.78 Å². The molecule has 0 aliphatic heterocycles. The molecule has 0 atom stereocenters. The summed E-state index contributed by atoms with van der Waals surface area (Å²) in [5.41, 5.74) is 5.18. The summed E-state index contributed by atoms with van der Waals surface area (Å²) in [6, 6.07) is 28.7. The SMILES string of the molecule is Cc1[nH]c2ccccc2c1C(=O)CN(Cc1ccccc1)Cc1ccccc1. The monoisotopic (exact) mass is 368 g/mol. The average molecular weight is 368 g/mol. The lowest BCUT2D eigenvalue weighted by Gasteiger charge is -2.22. The van der Waals surface area contributed by atoms with Crippen LogP contribution in [-0.4, -0.2) is 22.2 Å². The molecule has 140 valence electrons. The Hall–Kier alpha value is -3.17. The summed E-state index contributed by atoms with van der Waals surface area (Å²) in [5, 5.41) is 1.00. The number of benzene rings is 3. The minimum absolute atomic E-state index is 0.154. The molecule has 0 aliphatic rings. The van der Waals surface area contributed by atoms with Gasteiger partial charge in [-0.1, -0.05) is 78.9 Å². The Morgan fingerprint density at radius 2 is 1.32 bits per heavy atom. The van der Waals surface area contributed by atoms with E-state index in [1.807, 2.05) is 67.6 Å². The van der Waals surface area contributed by atoms with Crippen LogP contribution in [0.4, 0.5) is 0 Å². The Morgan fingerprint density at radius 3 is 1.93 bits per heavy atom. The van der Waals surface area contributed by atoms with Crippen LogP contribution in [0.5, 0.6) is 0 Å². The first kappa shape index (κ1) is 18.2. The van der Waals surface area contributed by atoms with Crippen molar-refractivity contribution in [1.82, 2.24) is 9.88 Å². The number of hydrogen-bond donors (Lipinski definition) is 1. The van der Waals surface area contributed by atoms with Crippen molar-refractivity contribution in [3.8, 4) is 0 Å². The van der Waals surface area contributed by atoms with Gasteiger partial charge in [0.1, 0.15) is 0 Å². The molecule has 4 rings (SSSR count). The Labute approximate surface area is 165 Å². The molecular weight excluding hydrogens is 344 g/mol. The number of fused-ring (bicyclic) bond motifs is 1. The first-order valence-corrected chi connectivity index (χ1v) is 9.61. The number of nitrogens with one attached hydrogen (secondary N) is 1. The van der Waals surface area contributed by atoms with Gasteiger partial charge in [0.25, 0.3) is 0 Å². The van der Waals surface area contributed by atoms with Crippen molar-refractivity contribution in [2.45, 2.75) is 20.0 Å². The third-order valence-corrected chi connectivity index (χ3v) is 5.04. The number of carbonyl (C=O) groups excluding carboxylic acids is 1. The number of hydrogen-bond acceptors (Lipinski definition) is 2. The summed E-state index contributed by atoms with van der Waals surface area (Å²) in [6.07, 6.45) is 0. The van der Waals surface area contributed by atoms with E-state index in [4.69, 9.17) is 0 Å². The second kappa shape index (κ2) is 8.24. The second-order valence-electron chi connectivity index (χ2n) is 7.21. The molecule has 0 saturated carbocycles. The predicted octanol–water partition coefficient (Wildman–Crippen LogP) is 5.36. The van der Waals surface area contributed by atoms with Gasteiger partial charge in [0.2, 0.25) is 0 Å². The van der Waals surface area contributed by atoms with E-state index >= 15 is 0 Å². The Morgan fingerprint density at radius 1 is 0.786 bits per heavy atom. The summed E-state index contributed by atoms with van der Waals surface area (Å²) in [6.45, 7) is 3.84. The minimum Gasteiger partial charge on any atom is -0.358 e. The van der Waals surface area contributed by atoms with Gasteiger partial charge in [-0.25, -0.2) is 0 Å². The summed E-state index contributed by atoms with van der Waals surface area (Å²) in [7, 11) is 0. The lowest BCUT2D eigenvalue weighted by molar-refractivity contribution is 0.0921. The van der Waals surface area contributed by atoms with Crippen molar-refractivity contribution in [2.75, 3.05) is 6.54 Å². The zero-order valence-corrected chi connectivity index (χ0v) is 16.1. The number of Topliss-reactive ketones (excluding diaryl/α,β-unsaturated/α-hetero) is 1. The number of para-hydroxylation sites is 1. The molecule has 0 bridgehead atoms. The number of H-pyrrole nitrogens is 1. The van der Waals surface area contributed by atoms with E-state index in [1.54, 1.807) is 0 Å². The number of ketones is 1. The van der Waals surface area contributed by atoms with Gasteiger partial charge in [0.05, 0.1) is 6.54 Å². The predicted molar refractivity (Wildman–Crippen MR) is 114 cm³/mol. The first-order chi connectivity index (χ1) is 13.7. The number of aromatic nitrogens is 1. The van der Waals surface area contributed by atoms with E-state index in [1.165, 1.54) is 11.1 Å². The Bertz CT molecular complexity index is 1030. The third-order valence-electron chi connectivity index (χ3n) is 5.04. The first-order valence-electron chi connectivity index (χ1n) is 9.61. The summed E-state index contributed by atoms with van der Waals surface area (Å²) in [5.74, 6) is 0.154. The van der Waals surface area contributed by atoms with Gasteiger partial charge in [-0.05, 0) is 24.1 Å². The number of aromatic amines is 1. The van der Waals surface area contributed by atoms with Gasteiger partial charge >= 0.3 is 0 Å². The second-order valence-corrected chi connectivity index (χ2v) is 7.21. The maximum absolute atomic E-state index is 13.3. The van der Waals surface area contributed by atoms with E-state index in [-0.39, 0.29) is 5.78 Å². The van der Waals surface area contributed by atoms with Crippen LogP contribution in [0, 0.1) is 6.92 Å². The van der Waals surface area contributed by atoms with Crippen LogP contribution in [0.15, 0.2) is 84.9 Å². The van der Waals surface area contributed by atoms with Crippen LogP contribution in [0.2, 0.25) is 0 Å². The number of nitrogens with zero attached hydrogens (tertiary/aromatic N) is 1. The molecule has 3 nitrogen and oxygen atoms in total. The van der Waals surface area contributed by atoms with Crippen molar-refractivity contribution >= 4 is 16.7 Å². The molecule has 0 amide bonds. The largest absolute Gasteiger partial charge is 0.358 e. The van der Waals surface area contributed by atoms with E-state index in [2.05, 4.69) is 34.1 Å². The summed E-state index contributed by atoms with van der Waals surface area (Å²) < 4.78 is 0. The van der Waals surface area contributed by atoms with Crippen LogP contribution in [-0.2, 0) is 13.1 Å². The highest BCUT2D eigenvalue weighted by Crippen LogP contribution is 2.23. The molecule has 1 heterocycles. The summed E-state index contributed by atoms with van der Waals surface area (Å²) >= 11 is 0. The van der Waals surface area contributed by atoms with Crippen molar-refractivity contribution < 1.29 is 4.79 Å². The molecule has 0 fully saturated rings. The topological polar surface area (TPSA) is 36.1 Å². The molecule has 28 heavy (non-hydrogen) atoms. The fourth-order valence-corrected chi connectivity index (χ4v) is 3.77. The zero-order chi connectivity index (χ0) is 19.3. The van der Waals surface area contributed by atoms with Gasteiger partial charge in [-0.15, -0.1) is 0 Å². The third kappa shape index (κ3) is 4.05. The smallest absolute Gasteiger partial charge is 0.179 e. The van der Waals surface area contributed by atoms with Crippen molar-refractivity contribution in [1.29, 1.82) is 0 Å². The molecular formula is C25H24N2O. The van der Waals surface area contributed by atoms with Crippen LogP contribution in [0.3, 0.4) is 0 Å². The van der Waals surface area contributed by atoms with Crippen molar-refractivity contribution in [3.63, 3.8) is 0 Å². The van der Waals surface area contributed by atoms with Crippen molar-refractivity contribution in [3.05, 3.63) is 107 Å². The highest BCUT2D eigenvalue weighted by molar-refractivity contribution is 6.10. The van der Waals surface area contributed by atoms with E-state index in [9.17, 15) is 4.79 Å². The van der Waals surface area contributed by atoms with Crippen LogP contribution < -0.4 is 0 Å². The van der Waals surface area contributed by atoms with Crippen LogP contribution >= 0.6 is 0 Å². The molecule has 0 saturated heterocycles. The molecule has 4 aromatic rings. The highest BCUT2D eigenvalue weighted by atomic mass is 16.1. The Kier molecular flexibility index (Phi) is 5.36. The number of rotatable bonds is 7. The highest BCUT2D eigenvalue weighted by Gasteiger charge is 2.19. The van der Waals surface area contributed by atoms with Gasteiger partial charge in [0, 0.05) is 35.2 Å². The average Bonchev–Trinajstić information content (AvgIpc) is 3.05. The van der Waals surface area contributed by atoms with Gasteiger partial charge < -0.3 is 4.98 Å². The maximum Gasteiger partial charge on any atom is 0.179 e. The fourth-order valence-electron chi connectivity index (χ4n) is 3.77. The van der Waals surface area contributed by atoms with E-state index < -0.39 is 0 Å². The number of carbonyl (C=O) groups is 1. The lowest BCUT2D eigenvalue weighted by Crippen LogP contribution is -2.29. The molecule has 3 aromatic carbocycles. The van der Waals surface area contributed by atoms with Crippen LogP contribution in [0.1, 0.15) is 27.2 Å². The fraction of sp³-hybridized carbons (Fsp3) is 0.160. The minimum atomic E-state index is 0.154. The Balaban J connectivity index is 1.60. The number of aryl methyl sites for hydroxylation is 1. The molecule has 1 aromatic heterocycles. The van der Waals surface area contributed by atoms with Crippen molar-refractivity contribution in [2.24, 2.45) is 0 Å². The normalized spacial score (nSPS) is 11.2.